The molecule has 0 aliphatic carbocycles. The maximum absolute atomic E-state index is 10.8. The molecule has 2 N–H and O–H groups in total. The molecule has 0 bridgehead atoms. The molecule has 0 aromatic heterocycles. The highest BCUT2D eigenvalue weighted by atomic mass is 35.5. The van der Waals surface area contributed by atoms with E-state index in [0.717, 1.165) is 0 Å². The van der Waals surface area contributed by atoms with Gasteiger partial charge in [-0.1, -0.05) is 17.7 Å². The summed E-state index contributed by atoms with van der Waals surface area (Å²) < 4.78 is 4.93. The third-order valence-corrected chi connectivity index (χ3v) is 2.46. The Morgan fingerprint density at radius 1 is 1.53 bits per heavy atom. The van der Waals surface area contributed by atoms with Crippen LogP contribution >= 0.6 is 11.6 Å². The van der Waals surface area contributed by atoms with Gasteiger partial charge in [-0.05, 0) is 13.0 Å². The summed E-state index contributed by atoms with van der Waals surface area (Å²) in [6, 6.07) is 2.97. The van der Waals surface area contributed by atoms with E-state index < -0.39 is 11.9 Å². The summed E-state index contributed by atoms with van der Waals surface area (Å²) in [7, 11) is 1.35. The van der Waals surface area contributed by atoms with Crippen molar-refractivity contribution in [2.75, 3.05) is 7.11 Å². The molecule has 0 fully saturated rings. The zero-order chi connectivity index (χ0) is 11.6. The number of phenols is 1. The predicted octanol–water partition coefficient (Wildman–Crippen LogP) is 2.24. The summed E-state index contributed by atoms with van der Waals surface area (Å²) in [5.41, 5.74) is 0.395. The summed E-state index contributed by atoms with van der Waals surface area (Å²) >= 11 is 5.67. The molecule has 0 amide bonds. The van der Waals surface area contributed by atoms with Gasteiger partial charge >= 0.3 is 5.97 Å². The van der Waals surface area contributed by atoms with Crippen molar-refractivity contribution in [3.63, 3.8) is 0 Å². The Morgan fingerprint density at radius 3 is 2.60 bits per heavy atom. The minimum absolute atomic E-state index is 0.109. The summed E-state index contributed by atoms with van der Waals surface area (Å²) in [5.74, 6) is -1.87. The fourth-order valence-corrected chi connectivity index (χ4v) is 1.40. The summed E-state index contributed by atoms with van der Waals surface area (Å²) in [4.78, 5) is 10.8. The number of carboxylic acids is 1. The van der Waals surface area contributed by atoms with Crippen molar-refractivity contribution in [2.24, 2.45) is 0 Å². The molecule has 1 rings (SSSR count). The molecule has 1 unspecified atom stereocenters. The second-order valence-electron chi connectivity index (χ2n) is 3.08. The standard InChI is InChI=1S/C10H11ClO4/c1-5(10(13)14)6-3-4-7(11)8(12)9(6)15-2/h3-5,12H,1-2H3,(H,13,14). The van der Waals surface area contributed by atoms with Gasteiger partial charge in [0.25, 0.3) is 0 Å². The van der Waals surface area contributed by atoms with Gasteiger partial charge in [0.05, 0.1) is 18.1 Å². The van der Waals surface area contributed by atoms with E-state index in [1.54, 1.807) is 0 Å². The number of hydrogen-bond donors (Lipinski definition) is 2. The van der Waals surface area contributed by atoms with Gasteiger partial charge in [0, 0.05) is 5.56 Å². The number of halogens is 1. The lowest BCUT2D eigenvalue weighted by atomic mass is 10.00. The van der Waals surface area contributed by atoms with Crippen LogP contribution in [0.25, 0.3) is 0 Å². The molecule has 0 saturated carbocycles. The average molecular weight is 231 g/mol. The smallest absolute Gasteiger partial charge is 0.310 e. The first-order valence-electron chi connectivity index (χ1n) is 4.27. The van der Waals surface area contributed by atoms with Gasteiger partial charge in [0.15, 0.2) is 11.5 Å². The lowest BCUT2D eigenvalue weighted by Gasteiger charge is -2.13. The molecule has 4 nitrogen and oxygen atoms in total. The van der Waals surface area contributed by atoms with Gasteiger partial charge in [0.1, 0.15) is 0 Å². The molecule has 0 radical (unpaired) electrons. The number of carboxylic acid groups (broad SMARTS) is 1. The zero-order valence-electron chi connectivity index (χ0n) is 8.32. The third-order valence-electron chi connectivity index (χ3n) is 2.15. The number of aliphatic carboxylic acids is 1. The monoisotopic (exact) mass is 230 g/mol. The topological polar surface area (TPSA) is 66.8 Å². The lowest BCUT2D eigenvalue weighted by molar-refractivity contribution is -0.138. The van der Waals surface area contributed by atoms with Gasteiger partial charge in [-0.3, -0.25) is 4.79 Å². The van der Waals surface area contributed by atoms with E-state index in [4.69, 9.17) is 21.4 Å². The Balaban J connectivity index is 3.30. The molecule has 15 heavy (non-hydrogen) atoms. The Morgan fingerprint density at radius 2 is 2.13 bits per heavy atom. The number of carbonyl (C=O) groups is 1. The highest BCUT2D eigenvalue weighted by Crippen LogP contribution is 2.39. The van der Waals surface area contributed by atoms with Crippen molar-refractivity contribution in [1.82, 2.24) is 0 Å². The Kier molecular flexibility index (Phi) is 3.42. The van der Waals surface area contributed by atoms with Crippen LogP contribution in [0.3, 0.4) is 0 Å². The van der Waals surface area contributed by atoms with E-state index in [1.165, 1.54) is 26.2 Å². The first-order valence-corrected chi connectivity index (χ1v) is 4.65. The van der Waals surface area contributed by atoms with Crippen LogP contribution in [0.5, 0.6) is 11.5 Å². The fourth-order valence-electron chi connectivity index (χ4n) is 1.25. The van der Waals surface area contributed by atoms with Crippen LogP contribution in [-0.4, -0.2) is 23.3 Å². The molecule has 0 heterocycles. The van der Waals surface area contributed by atoms with Gasteiger partial charge in [-0.15, -0.1) is 0 Å². The second-order valence-corrected chi connectivity index (χ2v) is 3.49. The molecular formula is C10H11ClO4. The molecule has 1 atom stereocenters. The predicted molar refractivity (Wildman–Crippen MR) is 55.7 cm³/mol. The lowest BCUT2D eigenvalue weighted by Crippen LogP contribution is -2.08. The summed E-state index contributed by atoms with van der Waals surface area (Å²) in [6.07, 6.45) is 0. The molecule has 0 saturated heterocycles. The average Bonchev–Trinajstić information content (AvgIpc) is 2.20. The molecule has 0 aliphatic heterocycles. The van der Waals surface area contributed by atoms with Crippen LogP contribution in [0.2, 0.25) is 5.02 Å². The molecule has 82 valence electrons. The minimum Gasteiger partial charge on any atom is -0.503 e. The van der Waals surface area contributed by atoms with E-state index >= 15 is 0 Å². The first-order chi connectivity index (χ1) is 6.99. The van der Waals surface area contributed by atoms with Crippen molar-refractivity contribution in [3.05, 3.63) is 22.7 Å². The van der Waals surface area contributed by atoms with Crippen LogP contribution in [0.4, 0.5) is 0 Å². The van der Waals surface area contributed by atoms with E-state index in [2.05, 4.69) is 0 Å². The number of rotatable bonds is 3. The van der Waals surface area contributed by atoms with Crippen molar-refractivity contribution >= 4 is 17.6 Å². The zero-order valence-corrected chi connectivity index (χ0v) is 9.08. The fraction of sp³-hybridized carbons (Fsp3) is 0.300. The highest BCUT2D eigenvalue weighted by molar-refractivity contribution is 6.32. The van der Waals surface area contributed by atoms with E-state index in [-0.39, 0.29) is 16.5 Å². The number of methoxy groups -OCH3 is 1. The van der Waals surface area contributed by atoms with Crippen LogP contribution in [0.15, 0.2) is 12.1 Å². The van der Waals surface area contributed by atoms with Crippen LogP contribution < -0.4 is 4.74 Å². The van der Waals surface area contributed by atoms with Crippen molar-refractivity contribution in [3.8, 4) is 11.5 Å². The third kappa shape index (κ3) is 2.15. The number of ether oxygens (including phenoxy) is 1. The maximum atomic E-state index is 10.8. The van der Waals surface area contributed by atoms with E-state index in [1.807, 2.05) is 0 Å². The maximum Gasteiger partial charge on any atom is 0.310 e. The Bertz CT molecular complexity index is 389. The Hall–Kier alpha value is -1.42. The normalized spacial score (nSPS) is 12.2. The summed E-state index contributed by atoms with van der Waals surface area (Å²) in [5, 5.41) is 18.5. The van der Waals surface area contributed by atoms with Gasteiger partial charge in [-0.2, -0.15) is 0 Å². The molecule has 1 aromatic rings. The first kappa shape index (κ1) is 11.7. The van der Waals surface area contributed by atoms with Crippen molar-refractivity contribution in [2.45, 2.75) is 12.8 Å². The Labute approximate surface area is 92.1 Å². The number of hydrogen-bond acceptors (Lipinski definition) is 3. The largest absolute Gasteiger partial charge is 0.503 e. The van der Waals surface area contributed by atoms with Crippen LogP contribution in [0.1, 0.15) is 18.4 Å². The number of benzene rings is 1. The van der Waals surface area contributed by atoms with Crippen molar-refractivity contribution in [1.29, 1.82) is 0 Å². The molecular weight excluding hydrogens is 220 g/mol. The van der Waals surface area contributed by atoms with Crippen LogP contribution in [0, 0.1) is 0 Å². The molecule has 5 heteroatoms. The molecule has 0 spiro atoms. The van der Waals surface area contributed by atoms with Gasteiger partial charge in [-0.25, -0.2) is 0 Å². The van der Waals surface area contributed by atoms with Crippen LogP contribution in [-0.2, 0) is 4.79 Å². The number of phenolic OH excluding ortho intramolecular Hbond substituents is 1. The van der Waals surface area contributed by atoms with Crippen molar-refractivity contribution < 1.29 is 19.7 Å². The minimum atomic E-state index is -0.991. The van der Waals surface area contributed by atoms with E-state index in [0.29, 0.717) is 5.56 Å². The van der Waals surface area contributed by atoms with Gasteiger partial charge in [0.2, 0.25) is 0 Å². The second kappa shape index (κ2) is 4.40. The van der Waals surface area contributed by atoms with E-state index in [9.17, 15) is 9.90 Å². The van der Waals surface area contributed by atoms with Gasteiger partial charge < -0.3 is 14.9 Å². The summed E-state index contributed by atoms with van der Waals surface area (Å²) in [6.45, 7) is 1.51. The SMILES string of the molecule is COc1c(C(C)C(=O)O)ccc(Cl)c1O. The molecule has 0 aliphatic rings. The number of aromatic hydroxyl groups is 1. The quantitative estimate of drug-likeness (QED) is 0.836. The highest BCUT2D eigenvalue weighted by Gasteiger charge is 2.21. The molecule has 1 aromatic carbocycles.